The molecule has 0 aromatic carbocycles. The van der Waals surface area contributed by atoms with Gasteiger partial charge in [-0.2, -0.15) is 0 Å². The van der Waals surface area contributed by atoms with Crippen molar-refractivity contribution >= 4 is 39.1 Å². The Labute approximate surface area is 104 Å². The number of hydrogen-bond donors (Lipinski definition) is 2. The lowest BCUT2D eigenvalue weighted by molar-refractivity contribution is 0.846. The fourth-order valence-electron chi connectivity index (χ4n) is 1.01. The topological polar surface area (TPSA) is 37.0 Å². The zero-order chi connectivity index (χ0) is 11.3. The second-order valence-corrected chi connectivity index (χ2v) is 4.46. The number of rotatable bonds is 3. The van der Waals surface area contributed by atoms with Gasteiger partial charge in [0.05, 0.1) is 0 Å². The molecule has 0 radical (unpaired) electrons. The minimum absolute atomic E-state index is 0.617. The van der Waals surface area contributed by atoms with Gasteiger partial charge in [0.15, 0.2) is 5.11 Å². The molecule has 1 heterocycles. The van der Waals surface area contributed by atoms with Crippen LogP contribution < -0.4 is 10.6 Å². The smallest absolute Gasteiger partial charge is 0.171 e. The maximum atomic E-state index is 5.10. The summed E-state index contributed by atoms with van der Waals surface area (Å²) in [4.78, 5) is 4.20. The van der Waals surface area contributed by atoms with Gasteiger partial charge in [-0.25, -0.2) is 4.98 Å². The van der Waals surface area contributed by atoms with Crippen LogP contribution in [0.15, 0.2) is 16.7 Å². The minimum atomic E-state index is 0.617. The first kappa shape index (κ1) is 12.4. The molecule has 2 N–H and O–H groups in total. The predicted octanol–water partition coefficient (Wildman–Crippen LogP) is 2.85. The van der Waals surface area contributed by atoms with Gasteiger partial charge in [0.25, 0.3) is 0 Å². The molecule has 1 rings (SSSR count). The summed E-state index contributed by atoms with van der Waals surface area (Å²) in [6.45, 7) is 4.98. The van der Waals surface area contributed by atoms with Crippen molar-refractivity contribution in [2.45, 2.75) is 20.3 Å². The molecular weight excluding hydrogens is 274 g/mol. The molecule has 0 fully saturated rings. The van der Waals surface area contributed by atoms with Crippen molar-refractivity contribution in [2.75, 3.05) is 11.9 Å². The quantitative estimate of drug-likeness (QED) is 0.839. The van der Waals surface area contributed by atoms with Gasteiger partial charge in [0.2, 0.25) is 0 Å². The number of aryl methyl sites for hydroxylation is 1. The Kier molecular flexibility index (Phi) is 4.98. The monoisotopic (exact) mass is 287 g/mol. The van der Waals surface area contributed by atoms with Gasteiger partial charge >= 0.3 is 0 Å². The van der Waals surface area contributed by atoms with Crippen LogP contribution in [0, 0.1) is 6.92 Å². The molecule has 82 valence electrons. The number of hydrogen-bond acceptors (Lipinski definition) is 2. The summed E-state index contributed by atoms with van der Waals surface area (Å²) in [5, 5.41) is 6.73. The molecule has 0 saturated heterocycles. The fraction of sp³-hybridized carbons (Fsp3) is 0.400. The molecule has 3 nitrogen and oxygen atoms in total. The Hall–Kier alpha value is -0.680. The van der Waals surface area contributed by atoms with Crippen LogP contribution in [0.3, 0.4) is 0 Å². The van der Waals surface area contributed by atoms with Crippen molar-refractivity contribution in [2.24, 2.45) is 0 Å². The van der Waals surface area contributed by atoms with Crippen molar-refractivity contribution in [3.05, 3.63) is 22.3 Å². The average Bonchev–Trinajstić information content (AvgIpc) is 2.20. The summed E-state index contributed by atoms with van der Waals surface area (Å²) in [5.41, 5.74) is 1.13. The zero-order valence-corrected chi connectivity index (χ0v) is 11.2. The largest absolute Gasteiger partial charge is 0.362 e. The third-order valence-corrected chi connectivity index (χ3v) is 2.90. The van der Waals surface area contributed by atoms with E-state index in [1.165, 1.54) is 0 Å². The van der Waals surface area contributed by atoms with E-state index in [1.54, 1.807) is 6.20 Å². The van der Waals surface area contributed by atoms with Crippen LogP contribution in [-0.4, -0.2) is 16.6 Å². The molecule has 0 aliphatic heterocycles. The van der Waals surface area contributed by atoms with Crippen LogP contribution in [0.4, 0.5) is 5.82 Å². The summed E-state index contributed by atoms with van der Waals surface area (Å²) < 4.78 is 1.00. The van der Waals surface area contributed by atoms with E-state index in [9.17, 15) is 0 Å². The van der Waals surface area contributed by atoms with Gasteiger partial charge in [-0.15, -0.1) is 0 Å². The molecule has 0 atom stereocenters. The highest BCUT2D eigenvalue weighted by Gasteiger charge is 2.00. The lowest BCUT2D eigenvalue weighted by Crippen LogP contribution is -2.29. The number of halogens is 1. The van der Waals surface area contributed by atoms with E-state index in [-0.39, 0.29) is 0 Å². The number of nitrogens with one attached hydrogen (secondary N) is 2. The first-order valence-corrected chi connectivity index (χ1v) is 6.00. The molecule has 0 aliphatic rings. The summed E-state index contributed by atoms with van der Waals surface area (Å²) in [6.07, 6.45) is 2.81. The van der Waals surface area contributed by atoms with E-state index in [2.05, 4.69) is 38.5 Å². The summed E-state index contributed by atoms with van der Waals surface area (Å²) >= 11 is 8.50. The molecule has 15 heavy (non-hydrogen) atoms. The Morgan fingerprint density at radius 1 is 1.60 bits per heavy atom. The molecule has 0 bridgehead atoms. The molecule has 5 heteroatoms. The number of nitrogens with zero attached hydrogens (tertiary/aromatic N) is 1. The normalized spacial score (nSPS) is 9.80. The maximum absolute atomic E-state index is 5.10. The summed E-state index contributed by atoms with van der Waals surface area (Å²) in [6, 6.07) is 1.95. The van der Waals surface area contributed by atoms with Crippen molar-refractivity contribution < 1.29 is 0 Å². The molecule has 1 aromatic heterocycles. The fourth-order valence-corrected chi connectivity index (χ4v) is 1.43. The second kappa shape index (κ2) is 6.02. The Balaban J connectivity index is 2.57. The number of aromatic nitrogens is 1. The third-order valence-electron chi connectivity index (χ3n) is 1.82. The standard InChI is InChI=1S/C10H14BrN3S/c1-3-4-12-10(15)14-9-5-7(2)8(11)6-13-9/h5-6H,3-4H2,1-2H3,(H2,12,13,14,15). The highest BCUT2D eigenvalue weighted by molar-refractivity contribution is 9.10. The SMILES string of the molecule is CCCNC(=S)Nc1cc(C)c(Br)cn1. The maximum Gasteiger partial charge on any atom is 0.171 e. The Bertz CT molecular complexity index is 355. The molecule has 0 spiro atoms. The van der Waals surface area contributed by atoms with Crippen LogP contribution in [0.25, 0.3) is 0 Å². The van der Waals surface area contributed by atoms with Crippen molar-refractivity contribution in [3.8, 4) is 0 Å². The number of thiocarbonyl (C=S) groups is 1. The molecule has 0 amide bonds. The summed E-state index contributed by atoms with van der Waals surface area (Å²) in [7, 11) is 0. The lowest BCUT2D eigenvalue weighted by atomic mass is 10.3. The van der Waals surface area contributed by atoms with Crippen molar-refractivity contribution in [3.63, 3.8) is 0 Å². The van der Waals surface area contributed by atoms with Crippen molar-refractivity contribution in [1.82, 2.24) is 10.3 Å². The molecule has 0 unspecified atom stereocenters. The average molecular weight is 288 g/mol. The van der Waals surface area contributed by atoms with E-state index in [4.69, 9.17) is 12.2 Å². The predicted molar refractivity (Wildman–Crippen MR) is 71.2 cm³/mol. The van der Waals surface area contributed by atoms with Crippen LogP contribution >= 0.6 is 28.1 Å². The highest BCUT2D eigenvalue weighted by atomic mass is 79.9. The van der Waals surface area contributed by atoms with E-state index < -0.39 is 0 Å². The Morgan fingerprint density at radius 3 is 2.93 bits per heavy atom. The molecule has 1 aromatic rings. The first-order chi connectivity index (χ1) is 7.13. The number of anilines is 1. The van der Waals surface area contributed by atoms with Crippen LogP contribution in [0.1, 0.15) is 18.9 Å². The molecular formula is C10H14BrN3S. The van der Waals surface area contributed by atoms with Gasteiger partial charge in [-0.3, -0.25) is 0 Å². The highest BCUT2D eigenvalue weighted by Crippen LogP contribution is 2.16. The van der Waals surface area contributed by atoms with Gasteiger partial charge < -0.3 is 10.6 Å². The van der Waals surface area contributed by atoms with Crippen LogP contribution in [0.5, 0.6) is 0 Å². The van der Waals surface area contributed by atoms with E-state index in [0.29, 0.717) is 5.11 Å². The van der Waals surface area contributed by atoms with Gasteiger partial charge in [0.1, 0.15) is 5.82 Å². The summed E-state index contributed by atoms with van der Waals surface area (Å²) in [5.74, 6) is 0.768. The van der Waals surface area contributed by atoms with Gasteiger partial charge in [-0.05, 0) is 53.1 Å². The number of pyridine rings is 1. The first-order valence-electron chi connectivity index (χ1n) is 4.80. The van der Waals surface area contributed by atoms with Gasteiger partial charge in [0, 0.05) is 17.2 Å². The van der Waals surface area contributed by atoms with Crippen LogP contribution in [-0.2, 0) is 0 Å². The molecule has 0 saturated carbocycles. The van der Waals surface area contributed by atoms with Crippen LogP contribution in [0.2, 0.25) is 0 Å². The zero-order valence-electron chi connectivity index (χ0n) is 8.80. The second-order valence-electron chi connectivity index (χ2n) is 3.20. The van der Waals surface area contributed by atoms with E-state index in [1.807, 2.05) is 13.0 Å². The minimum Gasteiger partial charge on any atom is -0.362 e. The van der Waals surface area contributed by atoms with Crippen molar-refractivity contribution in [1.29, 1.82) is 0 Å². The van der Waals surface area contributed by atoms with Gasteiger partial charge in [-0.1, -0.05) is 6.92 Å². The van der Waals surface area contributed by atoms with E-state index >= 15 is 0 Å². The Morgan fingerprint density at radius 2 is 2.33 bits per heavy atom. The third kappa shape index (κ3) is 4.13. The lowest BCUT2D eigenvalue weighted by Gasteiger charge is -2.09. The molecule has 0 aliphatic carbocycles. The van der Waals surface area contributed by atoms with E-state index in [0.717, 1.165) is 28.8 Å².